The summed E-state index contributed by atoms with van der Waals surface area (Å²) in [6.07, 6.45) is 1.56. The number of fused-ring (bicyclic) bond motifs is 1. The van der Waals surface area contributed by atoms with Gasteiger partial charge in [-0.3, -0.25) is 9.78 Å². The Hall–Kier alpha value is -2.57. The lowest BCUT2D eigenvalue weighted by molar-refractivity contribution is 0.535. The lowest BCUT2D eigenvalue weighted by Gasteiger charge is -1.90. The van der Waals surface area contributed by atoms with Crippen molar-refractivity contribution in [3.05, 3.63) is 28.4 Å². The summed E-state index contributed by atoms with van der Waals surface area (Å²) in [5.74, 6) is 1.30. The smallest absolute Gasteiger partial charge is 0.278 e. The molecule has 86 valence electrons. The summed E-state index contributed by atoms with van der Waals surface area (Å²) in [4.78, 5) is 25.1. The van der Waals surface area contributed by atoms with Crippen molar-refractivity contribution in [2.75, 3.05) is 5.73 Å². The van der Waals surface area contributed by atoms with Gasteiger partial charge in [0.1, 0.15) is 11.6 Å². The number of aromatic nitrogens is 4. The van der Waals surface area contributed by atoms with E-state index in [-0.39, 0.29) is 11.5 Å². The summed E-state index contributed by atoms with van der Waals surface area (Å²) in [6.45, 7) is 1.81. The van der Waals surface area contributed by atoms with Crippen LogP contribution in [0.1, 0.15) is 5.76 Å². The van der Waals surface area contributed by atoms with Crippen LogP contribution < -0.4 is 11.3 Å². The van der Waals surface area contributed by atoms with Crippen LogP contribution in [0.2, 0.25) is 0 Å². The summed E-state index contributed by atoms with van der Waals surface area (Å²) in [6, 6.07) is 1.77. The van der Waals surface area contributed by atoms with Crippen LogP contribution in [0.4, 0.5) is 5.95 Å². The predicted molar refractivity (Wildman–Crippen MR) is 61.4 cm³/mol. The van der Waals surface area contributed by atoms with E-state index in [2.05, 4.69) is 19.9 Å². The molecule has 0 radical (unpaired) electrons. The molecule has 0 aliphatic heterocycles. The molecule has 7 heteroatoms. The van der Waals surface area contributed by atoms with E-state index >= 15 is 0 Å². The van der Waals surface area contributed by atoms with Gasteiger partial charge < -0.3 is 15.1 Å². The van der Waals surface area contributed by atoms with Crippen molar-refractivity contribution in [3.8, 4) is 11.4 Å². The third-order valence-electron chi connectivity index (χ3n) is 2.49. The van der Waals surface area contributed by atoms with Gasteiger partial charge >= 0.3 is 0 Å². The van der Waals surface area contributed by atoms with Crippen molar-refractivity contribution in [1.29, 1.82) is 0 Å². The maximum Gasteiger partial charge on any atom is 0.278 e. The lowest BCUT2D eigenvalue weighted by Crippen LogP contribution is -2.10. The van der Waals surface area contributed by atoms with Crippen molar-refractivity contribution in [1.82, 2.24) is 19.9 Å². The molecular formula is C10H9N5O2. The molecular weight excluding hydrogens is 222 g/mol. The number of H-pyrrole nitrogens is 2. The van der Waals surface area contributed by atoms with Gasteiger partial charge in [-0.1, -0.05) is 0 Å². The standard InChI is InChI=1S/C10H9N5O2/c1-4-5(2-3-17-4)7-12-6-8(13-7)14-10(11)15-9(6)16/h2-3H,1H3,(H4,11,12,13,14,15,16). The van der Waals surface area contributed by atoms with Crippen LogP contribution in [0.15, 0.2) is 21.5 Å². The van der Waals surface area contributed by atoms with E-state index in [1.807, 2.05) is 6.92 Å². The largest absolute Gasteiger partial charge is 0.469 e. The van der Waals surface area contributed by atoms with E-state index in [4.69, 9.17) is 10.2 Å². The second-order valence-corrected chi connectivity index (χ2v) is 3.63. The van der Waals surface area contributed by atoms with Gasteiger partial charge in [0, 0.05) is 0 Å². The van der Waals surface area contributed by atoms with Gasteiger partial charge in [-0.2, -0.15) is 4.98 Å². The van der Waals surface area contributed by atoms with Gasteiger partial charge in [-0.15, -0.1) is 0 Å². The summed E-state index contributed by atoms with van der Waals surface area (Å²) < 4.78 is 5.18. The molecule has 0 saturated carbocycles. The maximum absolute atomic E-state index is 11.6. The van der Waals surface area contributed by atoms with Gasteiger partial charge in [-0.05, 0) is 13.0 Å². The number of nitrogen functional groups attached to an aromatic ring is 1. The first-order valence-electron chi connectivity index (χ1n) is 4.95. The SMILES string of the molecule is Cc1occc1-c1nc2nc(N)[nH]c(=O)c2[nH]1. The molecule has 0 aliphatic carbocycles. The van der Waals surface area contributed by atoms with E-state index in [0.717, 1.165) is 5.56 Å². The zero-order valence-corrected chi connectivity index (χ0v) is 8.94. The zero-order chi connectivity index (χ0) is 12.0. The van der Waals surface area contributed by atoms with Crippen LogP contribution in [0.25, 0.3) is 22.6 Å². The molecule has 4 N–H and O–H groups in total. The molecule has 3 heterocycles. The molecule has 0 aromatic carbocycles. The second kappa shape index (κ2) is 3.21. The Morgan fingerprint density at radius 1 is 1.35 bits per heavy atom. The Morgan fingerprint density at radius 3 is 2.88 bits per heavy atom. The summed E-state index contributed by atoms with van der Waals surface area (Å²) in [5.41, 5.74) is 6.49. The summed E-state index contributed by atoms with van der Waals surface area (Å²) >= 11 is 0. The fourth-order valence-electron chi connectivity index (χ4n) is 1.68. The number of nitrogens with one attached hydrogen (secondary N) is 2. The third-order valence-corrected chi connectivity index (χ3v) is 2.49. The minimum absolute atomic E-state index is 0.0458. The highest BCUT2D eigenvalue weighted by Gasteiger charge is 2.12. The fourth-order valence-corrected chi connectivity index (χ4v) is 1.68. The molecule has 0 aliphatic rings. The third kappa shape index (κ3) is 1.40. The molecule has 17 heavy (non-hydrogen) atoms. The van der Waals surface area contributed by atoms with E-state index in [1.165, 1.54) is 0 Å². The quantitative estimate of drug-likeness (QED) is 0.573. The predicted octanol–water partition coefficient (Wildman–Crippen LogP) is 0.797. The lowest BCUT2D eigenvalue weighted by atomic mass is 10.2. The molecule has 0 fully saturated rings. The average molecular weight is 231 g/mol. The average Bonchev–Trinajstić information content (AvgIpc) is 2.83. The van der Waals surface area contributed by atoms with Crippen LogP contribution in [0.3, 0.4) is 0 Å². The van der Waals surface area contributed by atoms with Crippen LogP contribution in [0, 0.1) is 6.92 Å². The minimum Gasteiger partial charge on any atom is -0.469 e. The monoisotopic (exact) mass is 231 g/mol. The van der Waals surface area contributed by atoms with Crippen molar-refractivity contribution in [2.24, 2.45) is 0 Å². The Balaban J connectivity index is 2.31. The number of anilines is 1. The van der Waals surface area contributed by atoms with Gasteiger partial charge in [0.05, 0.1) is 11.8 Å². The molecule has 0 amide bonds. The Kier molecular flexibility index (Phi) is 1.82. The fraction of sp³-hybridized carbons (Fsp3) is 0.100. The number of nitrogens with zero attached hydrogens (tertiary/aromatic N) is 2. The first-order valence-corrected chi connectivity index (χ1v) is 4.95. The number of hydrogen-bond donors (Lipinski definition) is 3. The molecule has 0 bridgehead atoms. The Morgan fingerprint density at radius 2 is 2.18 bits per heavy atom. The summed E-state index contributed by atoms with van der Waals surface area (Å²) in [7, 11) is 0. The van der Waals surface area contributed by atoms with E-state index in [9.17, 15) is 4.79 Å². The first-order chi connectivity index (χ1) is 8.15. The molecule has 3 aromatic rings. The molecule has 0 spiro atoms. The highest BCUT2D eigenvalue weighted by atomic mass is 16.3. The maximum atomic E-state index is 11.6. The highest BCUT2D eigenvalue weighted by molar-refractivity contribution is 5.76. The first kappa shape index (κ1) is 9.64. The number of hydrogen-bond acceptors (Lipinski definition) is 5. The molecule has 0 atom stereocenters. The molecule has 0 unspecified atom stereocenters. The molecule has 7 nitrogen and oxygen atoms in total. The number of imidazole rings is 1. The van der Waals surface area contributed by atoms with Gasteiger partial charge in [0.2, 0.25) is 5.95 Å². The number of aromatic amines is 2. The van der Waals surface area contributed by atoms with Crippen LogP contribution >= 0.6 is 0 Å². The summed E-state index contributed by atoms with van der Waals surface area (Å²) in [5, 5.41) is 0. The van der Waals surface area contributed by atoms with Crippen molar-refractivity contribution < 1.29 is 4.42 Å². The highest BCUT2D eigenvalue weighted by Crippen LogP contribution is 2.22. The van der Waals surface area contributed by atoms with Crippen molar-refractivity contribution in [2.45, 2.75) is 6.92 Å². The normalized spacial score (nSPS) is 11.1. The molecule has 0 saturated heterocycles. The number of aryl methyl sites for hydroxylation is 1. The van der Waals surface area contributed by atoms with Crippen molar-refractivity contribution in [3.63, 3.8) is 0 Å². The minimum atomic E-state index is -0.340. The van der Waals surface area contributed by atoms with Gasteiger partial charge in [0.25, 0.3) is 5.56 Å². The van der Waals surface area contributed by atoms with Crippen LogP contribution in [-0.2, 0) is 0 Å². The van der Waals surface area contributed by atoms with Crippen LogP contribution in [0.5, 0.6) is 0 Å². The number of nitrogens with two attached hydrogens (primary N) is 1. The molecule has 3 aromatic heterocycles. The van der Waals surface area contributed by atoms with E-state index < -0.39 is 0 Å². The van der Waals surface area contributed by atoms with E-state index in [0.29, 0.717) is 22.7 Å². The van der Waals surface area contributed by atoms with Gasteiger partial charge in [-0.25, -0.2) is 4.98 Å². The topological polar surface area (TPSA) is 114 Å². The molecule has 3 rings (SSSR count). The Labute approximate surface area is 94.7 Å². The number of furan rings is 1. The van der Waals surface area contributed by atoms with Crippen LogP contribution in [-0.4, -0.2) is 19.9 Å². The number of rotatable bonds is 1. The Bertz CT molecular complexity index is 751. The van der Waals surface area contributed by atoms with Crippen molar-refractivity contribution >= 4 is 17.1 Å². The zero-order valence-electron chi connectivity index (χ0n) is 8.94. The van der Waals surface area contributed by atoms with E-state index in [1.54, 1.807) is 12.3 Å². The second-order valence-electron chi connectivity index (χ2n) is 3.63. The van der Waals surface area contributed by atoms with Gasteiger partial charge in [0.15, 0.2) is 11.2 Å².